The van der Waals surface area contributed by atoms with E-state index >= 15 is 0 Å². The molecule has 18 heavy (non-hydrogen) atoms. The lowest BCUT2D eigenvalue weighted by Gasteiger charge is -2.13. The molecule has 3 heteroatoms. The lowest BCUT2D eigenvalue weighted by atomic mass is 10.1. The van der Waals surface area contributed by atoms with Crippen LogP contribution in [0.1, 0.15) is 43.8 Å². The lowest BCUT2D eigenvalue weighted by Crippen LogP contribution is -2.10. The Labute approximate surface area is 108 Å². The Bertz CT molecular complexity index is 567. The molecule has 0 radical (unpaired) electrons. The summed E-state index contributed by atoms with van der Waals surface area (Å²) in [6.07, 6.45) is -0.531. The first kappa shape index (κ1) is 13.1. The average Bonchev–Trinajstić information content (AvgIpc) is 2.57. The van der Waals surface area contributed by atoms with Crippen LogP contribution in [0.25, 0.3) is 11.0 Å². The van der Waals surface area contributed by atoms with Gasteiger partial charge in [-0.2, -0.15) is 0 Å². The van der Waals surface area contributed by atoms with E-state index in [4.69, 9.17) is 0 Å². The molecule has 0 bridgehead atoms. The van der Waals surface area contributed by atoms with Crippen LogP contribution >= 0.6 is 0 Å². The molecule has 1 unspecified atom stereocenters. The number of nitrogens with zero attached hydrogens (tertiary/aromatic N) is 2. The third kappa shape index (κ3) is 2.27. The van der Waals surface area contributed by atoms with Crippen LogP contribution < -0.4 is 0 Å². The van der Waals surface area contributed by atoms with Crippen LogP contribution in [0.4, 0.5) is 0 Å². The molecule has 1 atom stereocenters. The molecule has 1 aromatic carbocycles. The maximum Gasteiger partial charge on any atom is 0.138 e. The molecule has 0 amide bonds. The van der Waals surface area contributed by atoms with Gasteiger partial charge in [0.1, 0.15) is 11.9 Å². The Hall–Kier alpha value is -1.35. The molecule has 1 aromatic heterocycles. The van der Waals surface area contributed by atoms with Gasteiger partial charge in [-0.1, -0.05) is 13.8 Å². The fraction of sp³-hybridized carbons (Fsp3) is 0.533. The van der Waals surface area contributed by atoms with E-state index in [-0.39, 0.29) is 0 Å². The summed E-state index contributed by atoms with van der Waals surface area (Å²) in [5.41, 5.74) is 4.62. The lowest BCUT2D eigenvalue weighted by molar-refractivity contribution is 0.183. The Morgan fingerprint density at radius 1 is 1.17 bits per heavy atom. The molecule has 98 valence electrons. The molecule has 2 aromatic rings. The molecule has 0 fully saturated rings. The predicted octanol–water partition coefficient (Wildman–Crippen LogP) is 3.36. The van der Waals surface area contributed by atoms with Gasteiger partial charge in [-0.05, 0) is 49.9 Å². The molecular formula is C15H22N2O. The summed E-state index contributed by atoms with van der Waals surface area (Å²) in [6, 6.07) is 4.28. The molecule has 1 N–H and O–H groups in total. The number of aryl methyl sites for hydroxylation is 2. The van der Waals surface area contributed by atoms with Gasteiger partial charge in [-0.15, -0.1) is 0 Å². The van der Waals surface area contributed by atoms with Crippen molar-refractivity contribution in [3.8, 4) is 0 Å². The van der Waals surface area contributed by atoms with E-state index in [0.717, 1.165) is 23.4 Å². The molecule has 2 rings (SSSR count). The van der Waals surface area contributed by atoms with Crippen molar-refractivity contribution in [1.29, 1.82) is 0 Å². The zero-order valence-corrected chi connectivity index (χ0v) is 11.9. The molecule has 0 aliphatic heterocycles. The van der Waals surface area contributed by atoms with Gasteiger partial charge in [-0.25, -0.2) is 4.98 Å². The van der Waals surface area contributed by atoms with Crippen molar-refractivity contribution >= 4 is 11.0 Å². The predicted molar refractivity (Wildman–Crippen MR) is 74.7 cm³/mol. The molecule has 1 heterocycles. The highest BCUT2D eigenvalue weighted by Gasteiger charge is 2.16. The highest BCUT2D eigenvalue weighted by Crippen LogP contribution is 2.24. The molecule has 0 aliphatic carbocycles. The van der Waals surface area contributed by atoms with E-state index in [1.165, 1.54) is 11.1 Å². The van der Waals surface area contributed by atoms with Gasteiger partial charge in [-0.3, -0.25) is 0 Å². The summed E-state index contributed by atoms with van der Waals surface area (Å²) in [5.74, 6) is 1.30. The quantitative estimate of drug-likeness (QED) is 0.901. The van der Waals surface area contributed by atoms with E-state index < -0.39 is 6.10 Å². The summed E-state index contributed by atoms with van der Waals surface area (Å²) in [7, 11) is 0. The van der Waals surface area contributed by atoms with Gasteiger partial charge >= 0.3 is 0 Å². The fourth-order valence-electron chi connectivity index (χ4n) is 2.27. The van der Waals surface area contributed by atoms with Gasteiger partial charge in [0.05, 0.1) is 11.0 Å². The van der Waals surface area contributed by atoms with Crippen LogP contribution in [0.5, 0.6) is 0 Å². The molecule has 0 saturated heterocycles. The summed E-state index contributed by atoms with van der Waals surface area (Å²) >= 11 is 0. The second kappa shape index (κ2) is 4.73. The minimum absolute atomic E-state index is 0.529. The maximum absolute atomic E-state index is 9.87. The number of aliphatic hydroxyl groups excluding tert-OH is 1. The highest BCUT2D eigenvalue weighted by atomic mass is 16.3. The molecule has 3 nitrogen and oxygen atoms in total. The number of hydrogen-bond acceptors (Lipinski definition) is 2. The molecule has 0 aliphatic rings. The van der Waals surface area contributed by atoms with Gasteiger partial charge in [0.2, 0.25) is 0 Å². The summed E-state index contributed by atoms with van der Waals surface area (Å²) in [4.78, 5) is 4.58. The topological polar surface area (TPSA) is 38.1 Å². The van der Waals surface area contributed by atoms with E-state index in [9.17, 15) is 5.11 Å². The first-order valence-electron chi connectivity index (χ1n) is 6.55. The van der Waals surface area contributed by atoms with Crippen LogP contribution in [0.2, 0.25) is 0 Å². The Balaban J connectivity index is 2.68. The number of rotatable bonds is 3. The van der Waals surface area contributed by atoms with Crippen molar-refractivity contribution in [3.63, 3.8) is 0 Å². The zero-order chi connectivity index (χ0) is 13.4. The Kier molecular flexibility index (Phi) is 3.44. The van der Waals surface area contributed by atoms with Crippen LogP contribution in [0, 0.1) is 19.8 Å². The van der Waals surface area contributed by atoms with E-state index in [2.05, 4.69) is 49.4 Å². The van der Waals surface area contributed by atoms with Crippen molar-refractivity contribution < 1.29 is 5.11 Å². The summed E-state index contributed by atoms with van der Waals surface area (Å²) in [6.45, 7) is 11.2. The van der Waals surface area contributed by atoms with Crippen molar-refractivity contribution in [2.75, 3.05) is 0 Å². The van der Waals surface area contributed by atoms with Crippen LogP contribution in [0.15, 0.2) is 12.1 Å². The van der Waals surface area contributed by atoms with E-state index in [1.807, 2.05) is 0 Å². The highest BCUT2D eigenvalue weighted by molar-refractivity contribution is 5.78. The second-order valence-corrected chi connectivity index (χ2v) is 5.58. The van der Waals surface area contributed by atoms with E-state index in [0.29, 0.717) is 5.92 Å². The summed E-state index contributed by atoms with van der Waals surface area (Å²) in [5, 5.41) is 9.87. The number of imidazole rings is 1. The largest absolute Gasteiger partial charge is 0.385 e. The number of hydrogen-bond donors (Lipinski definition) is 1. The Morgan fingerprint density at radius 2 is 1.78 bits per heavy atom. The monoisotopic (exact) mass is 246 g/mol. The third-order valence-electron chi connectivity index (χ3n) is 3.31. The fourth-order valence-corrected chi connectivity index (χ4v) is 2.27. The Morgan fingerprint density at radius 3 is 2.33 bits per heavy atom. The molecular weight excluding hydrogens is 224 g/mol. The maximum atomic E-state index is 9.87. The van der Waals surface area contributed by atoms with Gasteiger partial charge in [0, 0.05) is 6.54 Å². The average molecular weight is 246 g/mol. The SMILES string of the molecule is Cc1cc2nc(C(C)O)n(CC(C)C)c2cc1C. The van der Waals surface area contributed by atoms with Crippen LogP contribution in [-0.2, 0) is 6.54 Å². The number of fused-ring (bicyclic) bond motifs is 1. The van der Waals surface area contributed by atoms with Gasteiger partial charge in [0.15, 0.2) is 0 Å². The minimum Gasteiger partial charge on any atom is -0.385 e. The third-order valence-corrected chi connectivity index (χ3v) is 3.31. The molecule has 0 spiro atoms. The summed E-state index contributed by atoms with van der Waals surface area (Å²) < 4.78 is 2.15. The number of aliphatic hydroxyl groups is 1. The zero-order valence-electron chi connectivity index (χ0n) is 11.9. The first-order valence-corrected chi connectivity index (χ1v) is 6.55. The van der Waals surface area contributed by atoms with E-state index in [1.54, 1.807) is 6.92 Å². The number of benzene rings is 1. The van der Waals surface area contributed by atoms with Crippen molar-refractivity contribution in [3.05, 3.63) is 29.1 Å². The van der Waals surface area contributed by atoms with Gasteiger partial charge < -0.3 is 9.67 Å². The molecule has 0 saturated carbocycles. The van der Waals surface area contributed by atoms with Crippen molar-refractivity contribution in [1.82, 2.24) is 9.55 Å². The second-order valence-electron chi connectivity index (χ2n) is 5.58. The van der Waals surface area contributed by atoms with Crippen LogP contribution in [0.3, 0.4) is 0 Å². The van der Waals surface area contributed by atoms with Crippen molar-refractivity contribution in [2.24, 2.45) is 5.92 Å². The standard InChI is InChI=1S/C15H22N2O/c1-9(2)8-17-14-7-11(4)10(3)6-13(14)16-15(17)12(5)18/h6-7,9,12,18H,8H2,1-5H3. The van der Waals surface area contributed by atoms with Gasteiger partial charge in [0.25, 0.3) is 0 Å². The first-order chi connectivity index (χ1) is 8.40. The smallest absolute Gasteiger partial charge is 0.138 e. The number of aromatic nitrogens is 2. The van der Waals surface area contributed by atoms with Crippen LogP contribution in [-0.4, -0.2) is 14.7 Å². The normalized spacial score (nSPS) is 13.5. The van der Waals surface area contributed by atoms with Crippen molar-refractivity contribution in [2.45, 2.75) is 47.3 Å². The minimum atomic E-state index is -0.531.